The third kappa shape index (κ3) is 9.34. The lowest BCUT2D eigenvalue weighted by Crippen LogP contribution is -2.15. The highest BCUT2D eigenvalue weighted by molar-refractivity contribution is 8.00. The molecule has 0 rings (SSSR count). The summed E-state index contributed by atoms with van der Waals surface area (Å²) in [5.41, 5.74) is 0.687. The number of ketones is 1. The smallest absolute Gasteiger partial charge is 0.316 e. The minimum atomic E-state index is -1.71. The van der Waals surface area contributed by atoms with Gasteiger partial charge in [0.2, 0.25) is 0 Å². The van der Waals surface area contributed by atoms with Gasteiger partial charge >= 0.3 is 5.97 Å². The van der Waals surface area contributed by atoms with Crippen molar-refractivity contribution in [1.29, 1.82) is 0 Å². The number of allylic oxidation sites excluding steroid dienone is 4. The first-order valence-corrected chi connectivity index (χ1v) is 7.77. The SMILES string of the molecule is C=C(F)/C(F)=C\C(F)=C(\F)COC(=O)CSC(CC(C)=O)C(=C)C. The van der Waals surface area contributed by atoms with E-state index in [0.717, 1.165) is 11.8 Å². The first-order chi connectivity index (χ1) is 11.0. The number of esters is 1. The molecule has 0 aliphatic heterocycles. The molecule has 1 unspecified atom stereocenters. The molecule has 24 heavy (non-hydrogen) atoms. The fourth-order valence-electron chi connectivity index (χ4n) is 1.33. The van der Waals surface area contributed by atoms with E-state index in [1.807, 2.05) is 0 Å². The maximum Gasteiger partial charge on any atom is 0.316 e. The Hall–Kier alpha value is -1.83. The van der Waals surface area contributed by atoms with Crippen molar-refractivity contribution in [2.45, 2.75) is 25.5 Å². The quantitative estimate of drug-likeness (QED) is 0.244. The van der Waals surface area contributed by atoms with Gasteiger partial charge in [-0.15, -0.1) is 11.8 Å². The van der Waals surface area contributed by atoms with E-state index < -0.39 is 35.9 Å². The molecule has 0 amide bonds. The summed E-state index contributed by atoms with van der Waals surface area (Å²) >= 11 is 1.08. The summed E-state index contributed by atoms with van der Waals surface area (Å²) in [6.07, 6.45) is 0.150. The van der Waals surface area contributed by atoms with E-state index in [4.69, 9.17) is 0 Å². The van der Waals surface area contributed by atoms with Crippen molar-refractivity contribution in [2.24, 2.45) is 0 Å². The Balaban J connectivity index is 4.53. The van der Waals surface area contributed by atoms with Gasteiger partial charge in [-0.3, -0.25) is 9.59 Å². The summed E-state index contributed by atoms with van der Waals surface area (Å²) in [7, 11) is 0. The molecule has 134 valence electrons. The number of rotatable bonds is 10. The number of hydrogen-bond donors (Lipinski definition) is 0. The number of halogens is 4. The molecule has 0 aromatic rings. The summed E-state index contributed by atoms with van der Waals surface area (Å²) in [4.78, 5) is 22.6. The number of carbonyl (C=O) groups is 2. The van der Waals surface area contributed by atoms with E-state index in [9.17, 15) is 27.2 Å². The minimum absolute atomic E-state index is 0.0375. The van der Waals surface area contributed by atoms with Crippen LogP contribution in [0.1, 0.15) is 20.3 Å². The van der Waals surface area contributed by atoms with Gasteiger partial charge in [0, 0.05) is 17.7 Å². The van der Waals surface area contributed by atoms with E-state index in [2.05, 4.69) is 17.9 Å². The predicted molar refractivity (Wildman–Crippen MR) is 86.0 cm³/mol. The van der Waals surface area contributed by atoms with Gasteiger partial charge in [0.15, 0.2) is 23.3 Å². The van der Waals surface area contributed by atoms with E-state index in [1.54, 1.807) is 6.92 Å². The van der Waals surface area contributed by atoms with Crippen molar-refractivity contribution in [2.75, 3.05) is 12.4 Å². The lowest BCUT2D eigenvalue weighted by molar-refractivity contribution is -0.139. The van der Waals surface area contributed by atoms with Crippen molar-refractivity contribution in [1.82, 2.24) is 0 Å². The second kappa shape index (κ2) is 10.9. The molecular formula is C16H18F4O3S. The molecule has 8 heteroatoms. The molecule has 0 spiro atoms. The van der Waals surface area contributed by atoms with Crippen LogP contribution in [0.5, 0.6) is 0 Å². The molecule has 0 N–H and O–H groups in total. The second-order valence-corrected chi connectivity index (χ2v) is 6.05. The van der Waals surface area contributed by atoms with Crippen LogP contribution in [0.4, 0.5) is 17.6 Å². The fraction of sp³-hybridized carbons (Fsp3) is 0.375. The number of carbonyl (C=O) groups excluding carboxylic acids is 2. The number of Topliss-reactive ketones (excluding diaryl/α,β-unsaturated/α-hetero) is 1. The third-order valence-electron chi connectivity index (χ3n) is 2.56. The Morgan fingerprint density at radius 2 is 1.75 bits per heavy atom. The molecule has 0 bridgehead atoms. The lowest BCUT2D eigenvalue weighted by atomic mass is 10.1. The Morgan fingerprint density at radius 1 is 1.17 bits per heavy atom. The fourth-order valence-corrected chi connectivity index (χ4v) is 2.39. The van der Waals surface area contributed by atoms with E-state index in [1.165, 1.54) is 6.92 Å². The number of ether oxygens (including phenoxy) is 1. The first kappa shape index (κ1) is 22.2. The molecule has 0 heterocycles. The van der Waals surface area contributed by atoms with Crippen LogP contribution in [-0.4, -0.2) is 29.4 Å². The van der Waals surface area contributed by atoms with Gasteiger partial charge in [0.05, 0.1) is 5.75 Å². The number of thioether (sulfide) groups is 1. The van der Waals surface area contributed by atoms with Gasteiger partial charge in [0.25, 0.3) is 0 Å². The molecule has 0 fully saturated rings. The predicted octanol–water partition coefficient (Wildman–Crippen LogP) is 4.67. The van der Waals surface area contributed by atoms with Crippen LogP contribution in [0.2, 0.25) is 0 Å². The first-order valence-electron chi connectivity index (χ1n) is 6.72. The second-order valence-electron chi connectivity index (χ2n) is 4.86. The molecular weight excluding hydrogens is 348 g/mol. The standard InChI is InChI=1S/C16H18F4O3S/c1-9(2)15(5-10(3)21)24-8-16(22)23-7-14(20)13(19)6-12(18)11(4)17/h6,15H,1,4-5,7-8H2,2-3H3/b12-6+,14-13-. The van der Waals surface area contributed by atoms with Crippen LogP contribution in [0.25, 0.3) is 0 Å². The molecule has 0 aliphatic rings. The van der Waals surface area contributed by atoms with Gasteiger partial charge in [-0.1, -0.05) is 18.7 Å². The van der Waals surface area contributed by atoms with Gasteiger partial charge in [-0.05, 0) is 13.8 Å². The zero-order chi connectivity index (χ0) is 18.9. The summed E-state index contributed by atoms with van der Waals surface area (Å²) < 4.78 is 55.9. The van der Waals surface area contributed by atoms with Crippen LogP contribution >= 0.6 is 11.8 Å². The number of hydrogen-bond acceptors (Lipinski definition) is 4. The largest absolute Gasteiger partial charge is 0.458 e. The molecule has 0 aliphatic carbocycles. The summed E-state index contributed by atoms with van der Waals surface area (Å²) in [5.74, 6) is -7.63. The maximum atomic E-state index is 13.3. The molecule has 3 nitrogen and oxygen atoms in total. The summed E-state index contributed by atoms with van der Waals surface area (Å²) in [5, 5.41) is -0.292. The summed E-state index contributed by atoms with van der Waals surface area (Å²) in [6, 6.07) is 0. The Morgan fingerprint density at radius 3 is 2.21 bits per heavy atom. The van der Waals surface area contributed by atoms with Crippen molar-refractivity contribution >= 4 is 23.5 Å². The molecule has 0 saturated heterocycles. The van der Waals surface area contributed by atoms with Crippen LogP contribution in [0, 0.1) is 0 Å². The average Bonchev–Trinajstić information content (AvgIpc) is 2.47. The monoisotopic (exact) mass is 366 g/mol. The summed E-state index contributed by atoms with van der Waals surface area (Å²) in [6.45, 7) is 8.32. The van der Waals surface area contributed by atoms with Gasteiger partial charge in [-0.2, -0.15) is 0 Å². The highest BCUT2D eigenvalue weighted by Gasteiger charge is 2.16. The highest BCUT2D eigenvalue weighted by atomic mass is 32.2. The van der Waals surface area contributed by atoms with E-state index >= 15 is 0 Å². The Bertz CT molecular complexity index is 582. The zero-order valence-electron chi connectivity index (χ0n) is 13.3. The third-order valence-corrected chi connectivity index (χ3v) is 3.93. The lowest BCUT2D eigenvalue weighted by Gasteiger charge is -2.14. The van der Waals surface area contributed by atoms with Gasteiger partial charge < -0.3 is 4.74 Å². The Labute approximate surface area is 142 Å². The highest BCUT2D eigenvalue weighted by Crippen LogP contribution is 2.22. The van der Waals surface area contributed by atoms with E-state index in [-0.39, 0.29) is 29.3 Å². The van der Waals surface area contributed by atoms with E-state index in [0.29, 0.717) is 5.57 Å². The van der Waals surface area contributed by atoms with Crippen molar-refractivity contribution in [3.05, 3.63) is 48.1 Å². The normalized spacial score (nSPS) is 13.8. The van der Waals surface area contributed by atoms with Crippen molar-refractivity contribution < 1.29 is 31.9 Å². The van der Waals surface area contributed by atoms with Crippen LogP contribution in [-0.2, 0) is 14.3 Å². The van der Waals surface area contributed by atoms with Crippen molar-refractivity contribution in [3.63, 3.8) is 0 Å². The molecule has 0 radical (unpaired) electrons. The molecule has 1 atom stereocenters. The Kier molecular flexibility index (Phi) is 10.0. The molecule has 0 aromatic heterocycles. The molecule has 0 saturated carbocycles. The van der Waals surface area contributed by atoms with Gasteiger partial charge in [0.1, 0.15) is 12.4 Å². The minimum Gasteiger partial charge on any atom is -0.458 e. The van der Waals surface area contributed by atoms with Gasteiger partial charge in [-0.25, -0.2) is 17.6 Å². The van der Waals surface area contributed by atoms with Crippen LogP contribution < -0.4 is 0 Å². The molecule has 0 aromatic carbocycles. The average molecular weight is 366 g/mol. The topological polar surface area (TPSA) is 43.4 Å². The van der Waals surface area contributed by atoms with Crippen molar-refractivity contribution in [3.8, 4) is 0 Å². The van der Waals surface area contributed by atoms with Crippen LogP contribution in [0.3, 0.4) is 0 Å². The zero-order valence-corrected chi connectivity index (χ0v) is 14.2. The van der Waals surface area contributed by atoms with Crippen LogP contribution in [0.15, 0.2) is 48.1 Å². The maximum absolute atomic E-state index is 13.3.